The number of nitrogens with one attached hydrogen (secondary N) is 1. The number of carbonyl (C=O) groups excluding carboxylic acids is 2. The van der Waals surface area contributed by atoms with Crippen LogP contribution in [0.1, 0.15) is 32.6 Å². The third-order valence-electron chi connectivity index (χ3n) is 4.48. The van der Waals surface area contributed by atoms with Crippen molar-refractivity contribution in [1.29, 1.82) is 0 Å². The summed E-state index contributed by atoms with van der Waals surface area (Å²) in [5.74, 6) is -1.13. The number of esters is 1. The van der Waals surface area contributed by atoms with Crippen LogP contribution in [0, 0.1) is 27.7 Å². The summed E-state index contributed by atoms with van der Waals surface area (Å²) in [6, 6.07) is 8.23. The molecule has 156 valence electrons. The number of nitrogens with zero attached hydrogens (tertiary/aromatic N) is 1. The first-order valence-corrected chi connectivity index (χ1v) is 10.5. The molecule has 0 aliphatic rings. The number of aryl methyl sites for hydroxylation is 4. The highest BCUT2D eigenvalue weighted by molar-refractivity contribution is 7.89. The SMILES string of the molecule is Cc1cc(C)c(C(=O)OCC(=O)Nc2cc(S(=O)(=O)N(C)C)ccc2C)c(C)c1. The molecular weight excluding hydrogens is 392 g/mol. The minimum Gasteiger partial charge on any atom is -0.452 e. The van der Waals surface area contributed by atoms with Gasteiger partial charge in [-0.05, 0) is 56.5 Å². The Hall–Kier alpha value is -2.71. The molecule has 0 bridgehead atoms. The second kappa shape index (κ2) is 8.75. The molecule has 0 spiro atoms. The third-order valence-corrected chi connectivity index (χ3v) is 6.29. The average Bonchev–Trinajstić information content (AvgIpc) is 2.60. The smallest absolute Gasteiger partial charge is 0.339 e. The molecule has 0 atom stereocenters. The van der Waals surface area contributed by atoms with E-state index < -0.39 is 28.5 Å². The van der Waals surface area contributed by atoms with E-state index in [9.17, 15) is 18.0 Å². The molecule has 0 radical (unpaired) electrons. The van der Waals surface area contributed by atoms with Crippen LogP contribution in [0.3, 0.4) is 0 Å². The van der Waals surface area contributed by atoms with Crippen molar-refractivity contribution in [3.05, 3.63) is 58.1 Å². The molecule has 0 heterocycles. The molecule has 0 saturated carbocycles. The fourth-order valence-corrected chi connectivity index (χ4v) is 3.93. The predicted molar refractivity (Wildman–Crippen MR) is 112 cm³/mol. The summed E-state index contributed by atoms with van der Waals surface area (Å²) in [7, 11) is -0.765. The normalized spacial score (nSPS) is 11.4. The van der Waals surface area contributed by atoms with Crippen molar-refractivity contribution < 1.29 is 22.7 Å². The monoisotopic (exact) mass is 418 g/mol. The minimum atomic E-state index is -3.63. The van der Waals surface area contributed by atoms with Crippen LogP contribution < -0.4 is 5.32 Å². The fraction of sp³-hybridized carbons (Fsp3) is 0.333. The summed E-state index contributed by atoms with van der Waals surface area (Å²) in [4.78, 5) is 24.7. The molecule has 0 fully saturated rings. The highest BCUT2D eigenvalue weighted by Gasteiger charge is 2.20. The number of sulfonamides is 1. The van der Waals surface area contributed by atoms with E-state index in [1.807, 2.05) is 32.9 Å². The summed E-state index contributed by atoms with van der Waals surface area (Å²) in [5.41, 5.74) is 4.08. The van der Waals surface area contributed by atoms with Gasteiger partial charge in [-0.2, -0.15) is 0 Å². The Balaban J connectivity index is 2.11. The second-order valence-electron chi connectivity index (χ2n) is 7.16. The first kappa shape index (κ1) is 22.6. The number of hydrogen-bond donors (Lipinski definition) is 1. The molecule has 8 heteroatoms. The van der Waals surface area contributed by atoms with Crippen molar-refractivity contribution in [2.24, 2.45) is 0 Å². The van der Waals surface area contributed by atoms with Gasteiger partial charge in [0.15, 0.2) is 6.61 Å². The number of anilines is 1. The van der Waals surface area contributed by atoms with Crippen molar-refractivity contribution in [2.45, 2.75) is 32.6 Å². The van der Waals surface area contributed by atoms with Crippen LogP contribution in [0.4, 0.5) is 5.69 Å². The lowest BCUT2D eigenvalue weighted by Crippen LogP contribution is -2.24. The number of ether oxygens (including phenoxy) is 1. The van der Waals surface area contributed by atoms with Crippen LogP contribution >= 0.6 is 0 Å². The maximum Gasteiger partial charge on any atom is 0.339 e. The average molecular weight is 419 g/mol. The van der Waals surface area contributed by atoms with Gasteiger partial charge < -0.3 is 10.1 Å². The second-order valence-corrected chi connectivity index (χ2v) is 9.31. The van der Waals surface area contributed by atoms with Gasteiger partial charge >= 0.3 is 5.97 Å². The highest BCUT2D eigenvalue weighted by atomic mass is 32.2. The third kappa shape index (κ3) is 5.21. The summed E-state index contributed by atoms with van der Waals surface area (Å²) in [6.45, 7) is 6.84. The summed E-state index contributed by atoms with van der Waals surface area (Å²) in [5, 5.41) is 2.61. The molecule has 1 N–H and O–H groups in total. The molecule has 0 aromatic heterocycles. The maximum absolute atomic E-state index is 12.4. The Kier molecular flexibility index (Phi) is 6.81. The summed E-state index contributed by atoms with van der Waals surface area (Å²) < 4.78 is 30.8. The Bertz CT molecular complexity index is 1040. The van der Waals surface area contributed by atoms with Gasteiger partial charge in [0.05, 0.1) is 10.5 Å². The van der Waals surface area contributed by atoms with Crippen LogP contribution in [0.5, 0.6) is 0 Å². The number of benzene rings is 2. The van der Waals surface area contributed by atoms with E-state index in [-0.39, 0.29) is 4.90 Å². The number of rotatable bonds is 6. The highest BCUT2D eigenvalue weighted by Crippen LogP contribution is 2.22. The topological polar surface area (TPSA) is 92.8 Å². The molecule has 2 aromatic rings. The minimum absolute atomic E-state index is 0.0614. The molecule has 7 nitrogen and oxygen atoms in total. The van der Waals surface area contributed by atoms with Gasteiger partial charge in [-0.1, -0.05) is 23.8 Å². The summed E-state index contributed by atoms with van der Waals surface area (Å²) >= 11 is 0. The zero-order valence-electron chi connectivity index (χ0n) is 17.5. The van der Waals surface area contributed by atoms with Crippen LogP contribution in [0.25, 0.3) is 0 Å². The van der Waals surface area contributed by atoms with Gasteiger partial charge in [-0.15, -0.1) is 0 Å². The molecule has 2 rings (SSSR count). The van der Waals surface area contributed by atoms with Crippen molar-refractivity contribution in [3.63, 3.8) is 0 Å². The molecule has 0 aliphatic heterocycles. The quantitative estimate of drug-likeness (QED) is 0.728. The van der Waals surface area contributed by atoms with E-state index in [1.165, 1.54) is 26.2 Å². The largest absolute Gasteiger partial charge is 0.452 e. The Labute approximate surface area is 171 Å². The van der Waals surface area contributed by atoms with Gasteiger partial charge in [0.25, 0.3) is 5.91 Å². The van der Waals surface area contributed by atoms with Crippen molar-refractivity contribution in [1.82, 2.24) is 4.31 Å². The number of carbonyl (C=O) groups is 2. The zero-order valence-corrected chi connectivity index (χ0v) is 18.3. The maximum atomic E-state index is 12.4. The number of amides is 1. The van der Waals surface area contributed by atoms with E-state index in [2.05, 4.69) is 5.32 Å². The van der Waals surface area contributed by atoms with Crippen LogP contribution in [0.2, 0.25) is 0 Å². The molecule has 1 amide bonds. The zero-order chi connectivity index (χ0) is 21.9. The van der Waals surface area contributed by atoms with E-state index in [1.54, 1.807) is 13.0 Å². The van der Waals surface area contributed by atoms with Crippen molar-refractivity contribution >= 4 is 27.6 Å². The van der Waals surface area contributed by atoms with Crippen LogP contribution in [-0.2, 0) is 19.6 Å². The molecule has 2 aromatic carbocycles. The first-order chi connectivity index (χ1) is 13.4. The Morgan fingerprint density at radius 3 is 2.10 bits per heavy atom. The first-order valence-electron chi connectivity index (χ1n) is 9.01. The molecule has 0 aliphatic carbocycles. The van der Waals surface area contributed by atoms with E-state index in [0.717, 1.165) is 21.0 Å². The lowest BCUT2D eigenvalue weighted by molar-refractivity contribution is -0.119. The van der Waals surface area contributed by atoms with Gasteiger partial charge in [-0.25, -0.2) is 17.5 Å². The fourth-order valence-electron chi connectivity index (χ4n) is 3.00. The predicted octanol–water partition coefficient (Wildman–Crippen LogP) is 2.97. The van der Waals surface area contributed by atoms with Gasteiger partial charge in [0, 0.05) is 19.8 Å². The molecule has 0 saturated heterocycles. The van der Waals surface area contributed by atoms with Crippen molar-refractivity contribution in [3.8, 4) is 0 Å². The van der Waals surface area contributed by atoms with Gasteiger partial charge in [0.2, 0.25) is 10.0 Å². The number of hydrogen-bond acceptors (Lipinski definition) is 5. The van der Waals surface area contributed by atoms with Crippen molar-refractivity contribution in [2.75, 3.05) is 26.0 Å². The van der Waals surface area contributed by atoms with Gasteiger partial charge in [0.1, 0.15) is 0 Å². The van der Waals surface area contributed by atoms with Gasteiger partial charge in [-0.3, -0.25) is 4.79 Å². The summed E-state index contributed by atoms with van der Waals surface area (Å²) in [6.07, 6.45) is 0. The molecular formula is C21H26N2O5S. The van der Waals surface area contributed by atoms with E-state index >= 15 is 0 Å². The molecule has 29 heavy (non-hydrogen) atoms. The van der Waals surface area contributed by atoms with Crippen LogP contribution in [-0.4, -0.2) is 45.3 Å². The van der Waals surface area contributed by atoms with E-state index in [4.69, 9.17) is 4.74 Å². The molecule has 0 unspecified atom stereocenters. The standard InChI is InChI=1S/C21H26N2O5S/c1-13-9-15(3)20(16(4)10-13)21(25)28-12-19(24)22-18-11-17(8-7-14(18)2)29(26,27)23(5)6/h7-11H,12H2,1-6H3,(H,22,24). The Morgan fingerprint density at radius 2 is 1.55 bits per heavy atom. The lowest BCUT2D eigenvalue weighted by atomic mass is 10.00. The van der Waals surface area contributed by atoms with E-state index in [0.29, 0.717) is 16.8 Å². The Morgan fingerprint density at radius 1 is 0.966 bits per heavy atom. The van der Waals surface area contributed by atoms with Crippen LogP contribution in [0.15, 0.2) is 35.2 Å². The lowest BCUT2D eigenvalue weighted by Gasteiger charge is -2.15.